The normalized spacial score (nSPS) is 18.4. The molecule has 5 nitrogen and oxygen atoms in total. The van der Waals surface area contributed by atoms with Crippen LogP contribution in [-0.4, -0.2) is 39.7 Å². The molecule has 0 radical (unpaired) electrons. The van der Waals surface area contributed by atoms with Gasteiger partial charge in [-0.3, -0.25) is 19.5 Å². The third-order valence-corrected chi connectivity index (χ3v) is 5.53. The third-order valence-electron chi connectivity index (χ3n) is 4.65. The van der Waals surface area contributed by atoms with Gasteiger partial charge in [0.05, 0.1) is 12.1 Å². The zero-order valence-electron chi connectivity index (χ0n) is 13.9. The average molecular weight is 353 g/mol. The molecule has 2 aromatic rings. The largest absolute Gasteiger partial charge is 0.366 e. The summed E-state index contributed by atoms with van der Waals surface area (Å²) in [7, 11) is 0. The molecule has 128 valence electrons. The Labute approximate surface area is 150 Å². The summed E-state index contributed by atoms with van der Waals surface area (Å²) in [5.41, 5.74) is 2.00. The first-order chi connectivity index (χ1) is 12.3. The Morgan fingerprint density at radius 1 is 1.04 bits per heavy atom. The standard InChI is InChI=1S/C19H19N3O2S/c23-18-16(15-7-5-11-25-15)17(21-9-2-1-3-10-21)19(24)22(18)13-14-6-4-8-20-12-14/h4-8,11-12H,1-3,9-10,13H2. The maximum atomic E-state index is 13.1. The summed E-state index contributed by atoms with van der Waals surface area (Å²) < 4.78 is 0. The molecule has 2 aliphatic rings. The maximum Gasteiger partial charge on any atom is 0.278 e. The van der Waals surface area contributed by atoms with Crippen LogP contribution in [0, 0.1) is 0 Å². The lowest BCUT2D eigenvalue weighted by atomic mass is 10.1. The number of pyridine rings is 1. The number of aromatic nitrogens is 1. The van der Waals surface area contributed by atoms with Gasteiger partial charge in [0.15, 0.2) is 0 Å². The van der Waals surface area contributed by atoms with Crippen LogP contribution in [0.1, 0.15) is 29.7 Å². The van der Waals surface area contributed by atoms with Crippen LogP contribution in [0.15, 0.2) is 47.7 Å². The van der Waals surface area contributed by atoms with Gasteiger partial charge >= 0.3 is 0 Å². The molecule has 0 atom stereocenters. The van der Waals surface area contributed by atoms with E-state index in [-0.39, 0.29) is 18.4 Å². The van der Waals surface area contributed by atoms with E-state index in [2.05, 4.69) is 9.88 Å². The third kappa shape index (κ3) is 2.98. The maximum absolute atomic E-state index is 13.1. The molecule has 1 fully saturated rings. The molecule has 0 aromatic carbocycles. The Bertz CT molecular complexity index is 808. The van der Waals surface area contributed by atoms with Gasteiger partial charge in [0.25, 0.3) is 11.8 Å². The second-order valence-electron chi connectivity index (χ2n) is 6.31. The van der Waals surface area contributed by atoms with Gasteiger partial charge in [0, 0.05) is 30.4 Å². The van der Waals surface area contributed by atoms with Crippen LogP contribution >= 0.6 is 11.3 Å². The van der Waals surface area contributed by atoms with E-state index < -0.39 is 0 Å². The number of imide groups is 1. The molecule has 1 saturated heterocycles. The lowest BCUT2D eigenvalue weighted by molar-refractivity contribution is -0.138. The highest BCUT2D eigenvalue weighted by Crippen LogP contribution is 2.35. The predicted molar refractivity (Wildman–Crippen MR) is 96.5 cm³/mol. The molecule has 0 saturated carbocycles. The smallest absolute Gasteiger partial charge is 0.278 e. The van der Waals surface area contributed by atoms with Crippen molar-refractivity contribution in [2.24, 2.45) is 0 Å². The minimum atomic E-state index is -0.197. The van der Waals surface area contributed by atoms with Gasteiger partial charge < -0.3 is 4.90 Å². The number of thiophene rings is 1. The highest BCUT2D eigenvalue weighted by Gasteiger charge is 2.42. The lowest BCUT2D eigenvalue weighted by Gasteiger charge is -2.29. The minimum absolute atomic E-state index is 0.181. The molecule has 0 N–H and O–H groups in total. The number of piperidine rings is 1. The van der Waals surface area contributed by atoms with Gasteiger partial charge in [-0.05, 0) is 42.3 Å². The van der Waals surface area contributed by atoms with E-state index >= 15 is 0 Å². The fourth-order valence-electron chi connectivity index (χ4n) is 3.43. The van der Waals surface area contributed by atoms with Gasteiger partial charge in [-0.1, -0.05) is 12.1 Å². The van der Waals surface area contributed by atoms with Crippen molar-refractivity contribution in [3.05, 3.63) is 58.2 Å². The minimum Gasteiger partial charge on any atom is -0.366 e. The van der Waals surface area contributed by atoms with Crippen molar-refractivity contribution >= 4 is 28.7 Å². The number of likely N-dealkylation sites (tertiary alicyclic amines) is 1. The first-order valence-corrected chi connectivity index (χ1v) is 9.42. The van der Waals surface area contributed by atoms with E-state index in [0.717, 1.165) is 36.4 Å². The second kappa shape index (κ2) is 6.80. The van der Waals surface area contributed by atoms with Gasteiger partial charge in [0.1, 0.15) is 5.70 Å². The lowest BCUT2D eigenvalue weighted by Crippen LogP contribution is -2.36. The molecule has 4 heterocycles. The van der Waals surface area contributed by atoms with Gasteiger partial charge in [-0.25, -0.2) is 0 Å². The summed E-state index contributed by atoms with van der Waals surface area (Å²) in [5.74, 6) is -0.379. The number of carbonyl (C=O) groups excluding carboxylic acids is 2. The zero-order chi connectivity index (χ0) is 17.2. The number of rotatable bonds is 4. The van der Waals surface area contributed by atoms with E-state index in [0.29, 0.717) is 11.3 Å². The summed E-state index contributed by atoms with van der Waals surface area (Å²) >= 11 is 1.51. The summed E-state index contributed by atoms with van der Waals surface area (Å²) in [6.07, 6.45) is 6.69. The molecular formula is C19H19N3O2S. The van der Waals surface area contributed by atoms with Crippen molar-refractivity contribution in [1.29, 1.82) is 0 Å². The van der Waals surface area contributed by atoms with E-state index in [1.807, 2.05) is 29.6 Å². The predicted octanol–water partition coefficient (Wildman–Crippen LogP) is 2.91. The molecule has 2 aliphatic heterocycles. The van der Waals surface area contributed by atoms with Gasteiger partial charge in [-0.15, -0.1) is 11.3 Å². The molecule has 2 aromatic heterocycles. The van der Waals surface area contributed by atoms with E-state index in [1.165, 1.54) is 22.7 Å². The van der Waals surface area contributed by atoms with E-state index in [4.69, 9.17) is 0 Å². The fraction of sp³-hybridized carbons (Fsp3) is 0.316. The average Bonchev–Trinajstić information content (AvgIpc) is 3.26. The summed E-state index contributed by atoms with van der Waals surface area (Å²) in [4.78, 5) is 34.6. The van der Waals surface area contributed by atoms with Crippen LogP contribution in [0.25, 0.3) is 5.57 Å². The van der Waals surface area contributed by atoms with Crippen molar-refractivity contribution < 1.29 is 9.59 Å². The summed E-state index contributed by atoms with van der Waals surface area (Å²) in [5, 5.41) is 1.94. The Hall–Kier alpha value is -2.47. The highest BCUT2D eigenvalue weighted by atomic mass is 32.1. The molecule has 2 amide bonds. The Morgan fingerprint density at radius 3 is 2.56 bits per heavy atom. The Kier molecular flexibility index (Phi) is 4.36. The second-order valence-corrected chi connectivity index (χ2v) is 7.25. The van der Waals surface area contributed by atoms with Crippen molar-refractivity contribution in [2.75, 3.05) is 13.1 Å². The van der Waals surface area contributed by atoms with Crippen LogP contribution in [0.3, 0.4) is 0 Å². The van der Waals surface area contributed by atoms with E-state index in [1.54, 1.807) is 12.4 Å². The topological polar surface area (TPSA) is 53.5 Å². The first-order valence-electron chi connectivity index (χ1n) is 8.54. The number of carbonyl (C=O) groups is 2. The molecule has 0 aliphatic carbocycles. The van der Waals surface area contributed by atoms with Crippen LogP contribution in [0.5, 0.6) is 0 Å². The molecule has 4 rings (SSSR count). The summed E-state index contributed by atoms with van der Waals surface area (Å²) in [6, 6.07) is 7.54. The number of nitrogens with zero attached hydrogens (tertiary/aromatic N) is 3. The SMILES string of the molecule is O=C1C(c2cccs2)=C(N2CCCCC2)C(=O)N1Cc1cccnc1. The molecule has 0 spiro atoms. The quantitative estimate of drug-likeness (QED) is 0.793. The van der Waals surface area contributed by atoms with Crippen LogP contribution in [-0.2, 0) is 16.1 Å². The van der Waals surface area contributed by atoms with Crippen molar-refractivity contribution in [2.45, 2.75) is 25.8 Å². The molecule has 6 heteroatoms. The molecule has 25 heavy (non-hydrogen) atoms. The van der Waals surface area contributed by atoms with Gasteiger partial charge in [0.2, 0.25) is 0 Å². The number of hydrogen-bond acceptors (Lipinski definition) is 5. The van der Waals surface area contributed by atoms with Crippen LogP contribution < -0.4 is 0 Å². The monoisotopic (exact) mass is 353 g/mol. The molecular weight excluding hydrogens is 334 g/mol. The molecule has 0 bridgehead atoms. The number of hydrogen-bond donors (Lipinski definition) is 0. The van der Waals surface area contributed by atoms with Gasteiger partial charge in [-0.2, -0.15) is 0 Å². The fourth-order valence-corrected chi connectivity index (χ4v) is 4.20. The van der Waals surface area contributed by atoms with E-state index in [9.17, 15) is 9.59 Å². The Balaban J connectivity index is 1.71. The zero-order valence-corrected chi connectivity index (χ0v) is 14.7. The first kappa shape index (κ1) is 16.0. The molecule has 0 unspecified atom stereocenters. The van der Waals surface area contributed by atoms with Crippen molar-refractivity contribution in [3.63, 3.8) is 0 Å². The highest BCUT2D eigenvalue weighted by molar-refractivity contribution is 7.11. The van der Waals surface area contributed by atoms with Crippen molar-refractivity contribution in [3.8, 4) is 0 Å². The number of amides is 2. The Morgan fingerprint density at radius 2 is 1.88 bits per heavy atom. The summed E-state index contributed by atoms with van der Waals surface area (Å²) in [6.45, 7) is 1.94. The van der Waals surface area contributed by atoms with Crippen LogP contribution in [0.4, 0.5) is 0 Å². The van der Waals surface area contributed by atoms with Crippen LogP contribution in [0.2, 0.25) is 0 Å². The van der Waals surface area contributed by atoms with Crippen molar-refractivity contribution in [1.82, 2.24) is 14.8 Å².